The standard InChI is InChI=1S/C39H69NO13/c1-15-27(42)39(11,45)34-21(4)29-19(2)17-38(10,53-29)33(52-36-31(49-25(8)41)26(40(12)13)16-20(3)47-36)22(5)30(23(6)35(44)51-34)50-28-18-37(9,46-14)32(43)24(7)48-28/h19-24,26-34,36,42-43,45H,15-18H2,1-14H3/t19-,20-,21+,22+,23-,24+,26+,27-,28+,29+,30+,31-,32+,33-,34-,36+,37-,38-,39-/m1/s1. The van der Waals surface area contributed by atoms with E-state index < -0.39 is 108 Å². The average molecular weight is 760 g/mol. The number of nitrogens with zero attached hydrogens (tertiary/aromatic N) is 1. The quantitative estimate of drug-likeness (QED) is 0.278. The molecule has 14 nitrogen and oxygen atoms in total. The second kappa shape index (κ2) is 17.0. The number of aliphatic hydroxyl groups is 3. The summed E-state index contributed by atoms with van der Waals surface area (Å²) in [4.78, 5) is 28.9. The molecule has 19 atom stereocenters. The Kier molecular flexibility index (Phi) is 14.2. The van der Waals surface area contributed by atoms with Crippen LogP contribution in [0, 0.1) is 23.7 Å². The number of carbonyl (C=O) groups excluding carboxylic acids is 2. The minimum absolute atomic E-state index is 0.0864. The van der Waals surface area contributed by atoms with Crippen molar-refractivity contribution in [3.05, 3.63) is 0 Å². The summed E-state index contributed by atoms with van der Waals surface area (Å²) in [6, 6.07) is -0.209. The third kappa shape index (κ3) is 9.08. The van der Waals surface area contributed by atoms with E-state index in [1.807, 2.05) is 46.7 Å². The Labute approximate surface area is 316 Å². The summed E-state index contributed by atoms with van der Waals surface area (Å²) >= 11 is 0. The first-order valence-corrected chi connectivity index (χ1v) is 19.5. The molecule has 4 saturated heterocycles. The zero-order valence-corrected chi connectivity index (χ0v) is 34.4. The summed E-state index contributed by atoms with van der Waals surface area (Å²) in [6.45, 7) is 19.6. The van der Waals surface area contributed by atoms with Crippen molar-refractivity contribution < 1.29 is 62.8 Å². The molecule has 0 aromatic heterocycles. The van der Waals surface area contributed by atoms with Crippen LogP contribution in [-0.4, -0.2) is 144 Å². The van der Waals surface area contributed by atoms with Crippen LogP contribution in [0.25, 0.3) is 0 Å². The van der Waals surface area contributed by atoms with Crippen molar-refractivity contribution in [3.8, 4) is 0 Å². The van der Waals surface area contributed by atoms with Crippen molar-refractivity contribution in [1.29, 1.82) is 0 Å². The zero-order valence-electron chi connectivity index (χ0n) is 34.4. The number of carbonyl (C=O) groups is 2. The molecule has 0 spiro atoms. The molecule has 0 saturated carbocycles. The number of ether oxygens (including phenoxy) is 8. The molecule has 2 bridgehead atoms. The van der Waals surface area contributed by atoms with Gasteiger partial charge in [-0.2, -0.15) is 0 Å². The summed E-state index contributed by atoms with van der Waals surface area (Å²) in [7, 11) is 5.38. The highest BCUT2D eigenvalue weighted by Crippen LogP contribution is 2.48. The Hall–Kier alpha value is -1.46. The summed E-state index contributed by atoms with van der Waals surface area (Å²) in [6.07, 6.45) is -7.48. The number of cyclic esters (lactones) is 1. The van der Waals surface area contributed by atoms with Crippen molar-refractivity contribution in [2.24, 2.45) is 23.7 Å². The molecule has 0 aliphatic carbocycles. The smallest absolute Gasteiger partial charge is 0.311 e. The molecule has 4 rings (SSSR count). The number of rotatable bonds is 10. The number of hydrogen-bond donors (Lipinski definition) is 3. The molecular weight excluding hydrogens is 690 g/mol. The van der Waals surface area contributed by atoms with Gasteiger partial charge in [-0.05, 0) is 80.8 Å². The molecule has 3 N–H and O–H groups in total. The van der Waals surface area contributed by atoms with E-state index in [2.05, 4.69) is 6.92 Å². The van der Waals surface area contributed by atoms with E-state index in [-0.39, 0.29) is 30.9 Å². The minimum Gasteiger partial charge on any atom is -0.459 e. The summed E-state index contributed by atoms with van der Waals surface area (Å²) < 4.78 is 51.5. The van der Waals surface area contributed by atoms with Crippen molar-refractivity contribution >= 4 is 11.9 Å². The lowest BCUT2D eigenvalue weighted by atomic mass is 9.76. The molecule has 0 amide bonds. The number of methoxy groups -OCH3 is 1. The molecule has 53 heavy (non-hydrogen) atoms. The van der Waals surface area contributed by atoms with Gasteiger partial charge in [-0.15, -0.1) is 0 Å². The van der Waals surface area contributed by atoms with Crippen molar-refractivity contribution in [2.45, 2.75) is 192 Å². The van der Waals surface area contributed by atoms with Gasteiger partial charge in [0.25, 0.3) is 0 Å². The number of fused-ring (bicyclic) bond motifs is 2. The van der Waals surface area contributed by atoms with Gasteiger partial charge in [0.15, 0.2) is 18.7 Å². The van der Waals surface area contributed by atoms with Gasteiger partial charge in [0.2, 0.25) is 0 Å². The lowest BCUT2D eigenvalue weighted by Crippen LogP contribution is -2.60. The van der Waals surface area contributed by atoms with Gasteiger partial charge in [-0.25, -0.2) is 0 Å². The molecule has 0 aromatic carbocycles. The zero-order chi connectivity index (χ0) is 40.0. The molecule has 0 radical (unpaired) electrons. The van der Waals surface area contributed by atoms with Crippen LogP contribution in [-0.2, 0) is 47.5 Å². The fourth-order valence-electron chi connectivity index (χ4n) is 9.50. The fourth-order valence-corrected chi connectivity index (χ4v) is 9.50. The largest absolute Gasteiger partial charge is 0.459 e. The van der Waals surface area contributed by atoms with Crippen molar-refractivity contribution in [2.75, 3.05) is 21.2 Å². The molecule has 0 unspecified atom stereocenters. The molecule has 14 heteroatoms. The van der Waals surface area contributed by atoms with E-state index in [1.165, 1.54) is 21.0 Å². The average Bonchev–Trinajstić information content (AvgIpc) is 3.39. The Morgan fingerprint density at radius 2 is 1.68 bits per heavy atom. The normalized spacial score (nSPS) is 47.3. The lowest BCUT2D eigenvalue weighted by Gasteiger charge is -2.49. The van der Waals surface area contributed by atoms with E-state index in [9.17, 15) is 24.9 Å². The van der Waals surface area contributed by atoms with Crippen molar-refractivity contribution in [3.63, 3.8) is 0 Å². The number of likely N-dealkylation sites (N-methyl/N-ethyl adjacent to an activating group) is 1. The molecule has 0 aromatic rings. The first-order chi connectivity index (χ1) is 24.5. The first kappa shape index (κ1) is 44.3. The van der Waals surface area contributed by atoms with E-state index >= 15 is 0 Å². The van der Waals surface area contributed by atoms with Crippen LogP contribution < -0.4 is 0 Å². The van der Waals surface area contributed by atoms with E-state index in [0.29, 0.717) is 12.8 Å². The van der Waals surface area contributed by atoms with Gasteiger partial charge in [0.1, 0.15) is 17.8 Å². The molecule has 4 aliphatic rings. The van der Waals surface area contributed by atoms with Crippen LogP contribution in [0.2, 0.25) is 0 Å². The second-order valence-corrected chi connectivity index (χ2v) is 17.3. The maximum Gasteiger partial charge on any atom is 0.311 e. The van der Waals surface area contributed by atoms with Crippen LogP contribution in [0.1, 0.15) is 102 Å². The Balaban J connectivity index is 1.86. The van der Waals surface area contributed by atoms with Gasteiger partial charge >= 0.3 is 11.9 Å². The Morgan fingerprint density at radius 3 is 2.25 bits per heavy atom. The highest BCUT2D eigenvalue weighted by atomic mass is 16.7. The summed E-state index contributed by atoms with van der Waals surface area (Å²) in [5.74, 6) is -3.27. The Bertz CT molecular complexity index is 1250. The molecular formula is C39H69NO13. The van der Waals surface area contributed by atoms with Gasteiger partial charge in [-0.1, -0.05) is 27.7 Å². The lowest BCUT2D eigenvalue weighted by molar-refractivity contribution is -0.319. The van der Waals surface area contributed by atoms with Gasteiger partial charge in [-0.3, -0.25) is 9.59 Å². The maximum atomic E-state index is 14.4. The molecule has 4 fully saturated rings. The predicted molar refractivity (Wildman–Crippen MR) is 193 cm³/mol. The van der Waals surface area contributed by atoms with Crippen molar-refractivity contribution in [1.82, 2.24) is 4.90 Å². The maximum absolute atomic E-state index is 14.4. The van der Waals surface area contributed by atoms with Crippen LogP contribution in [0.15, 0.2) is 0 Å². The monoisotopic (exact) mass is 759 g/mol. The molecule has 4 aliphatic heterocycles. The van der Waals surface area contributed by atoms with E-state index in [1.54, 1.807) is 27.7 Å². The Morgan fingerprint density at radius 1 is 1.04 bits per heavy atom. The van der Waals surface area contributed by atoms with Gasteiger partial charge in [0, 0.05) is 32.3 Å². The number of hydrogen-bond acceptors (Lipinski definition) is 14. The van der Waals surface area contributed by atoms with Crippen LogP contribution in [0.5, 0.6) is 0 Å². The van der Waals surface area contributed by atoms with Crippen LogP contribution in [0.4, 0.5) is 0 Å². The summed E-state index contributed by atoms with van der Waals surface area (Å²) in [5, 5.41) is 33.8. The topological polar surface area (TPSA) is 172 Å². The number of aliphatic hydroxyl groups excluding tert-OH is 2. The third-order valence-electron chi connectivity index (χ3n) is 12.6. The van der Waals surface area contributed by atoms with E-state index in [0.717, 1.165) is 0 Å². The molecule has 4 heterocycles. The van der Waals surface area contributed by atoms with Crippen LogP contribution >= 0.6 is 0 Å². The van der Waals surface area contributed by atoms with E-state index in [4.69, 9.17) is 37.9 Å². The third-order valence-corrected chi connectivity index (χ3v) is 12.6. The SMILES string of the molecule is CC[C@@H](O)[C@@](C)(O)[C@@H]1OC(=O)[C@H](C)[C@@H](O[C@H]2C[C@@](C)(OC)[C@@H](O)[C@H](C)O2)[C@H](C)[C@@H](O[C@@H]2O[C@H](C)C[C@H](N(C)C)[C@H]2OC(C)=O)[C@@]2(C)C[C@@H](C)[C@H](O2)[C@@H]1C. The minimum atomic E-state index is -1.81. The predicted octanol–water partition coefficient (Wildman–Crippen LogP) is 3.19. The highest BCUT2D eigenvalue weighted by molar-refractivity contribution is 5.73. The van der Waals surface area contributed by atoms with Gasteiger partial charge < -0.3 is 58.1 Å². The first-order valence-electron chi connectivity index (χ1n) is 19.5. The highest BCUT2D eigenvalue weighted by Gasteiger charge is 2.59. The number of esters is 2. The van der Waals surface area contributed by atoms with Gasteiger partial charge in [0.05, 0.1) is 59.8 Å². The summed E-state index contributed by atoms with van der Waals surface area (Å²) in [5.41, 5.74) is -3.80. The fraction of sp³-hybridized carbons (Fsp3) is 0.949. The van der Waals surface area contributed by atoms with Crippen LogP contribution in [0.3, 0.4) is 0 Å². The molecule has 308 valence electrons. The second-order valence-electron chi connectivity index (χ2n) is 17.3.